The lowest BCUT2D eigenvalue weighted by molar-refractivity contribution is 0.111. The first-order chi connectivity index (χ1) is 11.0. The standard InChI is InChI=1S/C17H24N2OS3/c1-17(2)11-19(16(21)22-4)15(23-12-17)18-10-14(20-3)13-8-6-5-7-9-13/h5-9,14H,10-12H2,1-4H3. The Morgan fingerprint density at radius 2 is 2.13 bits per heavy atom. The van der Waals surface area contributed by atoms with E-state index in [1.807, 2.05) is 24.5 Å². The minimum atomic E-state index is -0.0241. The predicted molar refractivity (Wildman–Crippen MR) is 108 cm³/mol. The smallest absolute Gasteiger partial charge is 0.164 e. The highest BCUT2D eigenvalue weighted by atomic mass is 32.2. The molecule has 3 nitrogen and oxygen atoms in total. The van der Waals surface area contributed by atoms with E-state index in [-0.39, 0.29) is 11.5 Å². The second-order valence-electron chi connectivity index (χ2n) is 6.27. The predicted octanol–water partition coefficient (Wildman–Crippen LogP) is 4.45. The van der Waals surface area contributed by atoms with E-state index in [1.54, 1.807) is 30.6 Å². The van der Waals surface area contributed by atoms with Crippen molar-refractivity contribution < 1.29 is 4.74 Å². The molecule has 2 rings (SSSR count). The SMILES string of the molecule is COC(CN=C1SCC(C)(C)CN1C(=S)SC)c1ccccc1. The molecule has 1 aliphatic rings. The molecule has 0 bridgehead atoms. The fraction of sp³-hybridized carbons (Fsp3) is 0.529. The second kappa shape index (κ2) is 8.51. The first-order valence-electron chi connectivity index (χ1n) is 7.57. The van der Waals surface area contributed by atoms with Gasteiger partial charge in [0.15, 0.2) is 5.17 Å². The largest absolute Gasteiger partial charge is 0.375 e. The first kappa shape index (κ1) is 18.8. The van der Waals surface area contributed by atoms with E-state index in [1.165, 1.54) is 0 Å². The van der Waals surface area contributed by atoms with Crippen molar-refractivity contribution >= 4 is 45.2 Å². The summed E-state index contributed by atoms with van der Waals surface area (Å²) in [6, 6.07) is 10.2. The fourth-order valence-corrected chi connectivity index (χ4v) is 4.13. The number of hydrogen-bond acceptors (Lipinski definition) is 5. The highest BCUT2D eigenvalue weighted by Crippen LogP contribution is 2.33. The van der Waals surface area contributed by atoms with Crippen molar-refractivity contribution in [2.45, 2.75) is 20.0 Å². The van der Waals surface area contributed by atoms with Crippen molar-refractivity contribution in [2.24, 2.45) is 10.4 Å². The van der Waals surface area contributed by atoms with Crippen molar-refractivity contribution in [3.63, 3.8) is 0 Å². The molecule has 1 unspecified atom stereocenters. The molecule has 126 valence electrons. The molecule has 23 heavy (non-hydrogen) atoms. The summed E-state index contributed by atoms with van der Waals surface area (Å²) in [5.41, 5.74) is 1.39. The van der Waals surface area contributed by atoms with Crippen LogP contribution in [0.25, 0.3) is 0 Å². The molecule has 1 heterocycles. The summed E-state index contributed by atoms with van der Waals surface area (Å²) in [6.45, 7) is 6.07. The van der Waals surface area contributed by atoms with Gasteiger partial charge in [0.1, 0.15) is 10.4 Å². The molecule has 0 saturated carbocycles. The summed E-state index contributed by atoms with van der Waals surface area (Å²) in [7, 11) is 1.74. The highest BCUT2D eigenvalue weighted by Gasteiger charge is 2.32. The van der Waals surface area contributed by atoms with E-state index < -0.39 is 0 Å². The van der Waals surface area contributed by atoms with Gasteiger partial charge in [0.25, 0.3) is 0 Å². The molecule has 0 radical (unpaired) electrons. The number of thioether (sulfide) groups is 2. The molecule has 0 aliphatic carbocycles. The summed E-state index contributed by atoms with van der Waals surface area (Å²) >= 11 is 8.91. The van der Waals surface area contributed by atoms with Gasteiger partial charge in [-0.05, 0) is 17.2 Å². The van der Waals surface area contributed by atoms with Crippen LogP contribution in [0.2, 0.25) is 0 Å². The molecule has 1 aromatic carbocycles. The first-order valence-corrected chi connectivity index (χ1v) is 10.2. The van der Waals surface area contributed by atoms with Gasteiger partial charge in [0.2, 0.25) is 0 Å². The van der Waals surface area contributed by atoms with Crippen LogP contribution in [0, 0.1) is 5.41 Å². The van der Waals surface area contributed by atoms with Gasteiger partial charge in [-0.3, -0.25) is 4.99 Å². The molecule has 1 saturated heterocycles. The lowest BCUT2D eigenvalue weighted by Gasteiger charge is -2.39. The summed E-state index contributed by atoms with van der Waals surface area (Å²) in [6.07, 6.45) is 2.00. The third-order valence-corrected chi connectivity index (χ3v) is 6.48. The topological polar surface area (TPSA) is 24.8 Å². The van der Waals surface area contributed by atoms with E-state index in [9.17, 15) is 0 Å². The number of thiocarbonyl (C=S) groups is 1. The molecule has 0 N–H and O–H groups in total. The summed E-state index contributed by atoms with van der Waals surface area (Å²) in [5, 5.41) is 1.02. The van der Waals surface area contributed by atoms with Crippen molar-refractivity contribution in [2.75, 3.05) is 32.2 Å². The number of ether oxygens (including phenoxy) is 1. The highest BCUT2D eigenvalue weighted by molar-refractivity contribution is 8.23. The maximum Gasteiger partial charge on any atom is 0.164 e. The molecule has 1 aliphatic heterocycles. The Bertz CT molecular complexity index is 560. The third-order valence-electron chi connectivity index (χ3n) is 3.65. The van der Waals surface area contributed by atoms with Crippen LogP contribution in [-0.4, -0.2) is 46.6 Å². The Kier molecular flexibility index (Phi) is 6.95. The molecule has 1 atom stereocenters. The van der Waals surface area contributed by atoms with Gasteiger partial charge in [-0.15, -0.1) is 0 Å². The van der Waals surface area contributed by atoms with Gasteiger partial charge in [-0.25, -0.2) is 0 Å². The second-order valence-corrected chi connectivity index (χ2v) is 8.65. The minimum Gasteiger partial charge on any atom is -0.375 e. The third kappa shape index (κ3) is 5.21. The van der Waals surface area contributed by atoms with Crippen molar-refractivity contribution in [1.29, 1.82) is 0 Å². The summed E-state index contributed by atoms with van der Waals surface area (Å²) < 4.78 is 6.50. The molecular formula is C17H24N2OS3. The van der Waals surface area contributed by atoms with Crippen LogP contribution in [0.4, 0.5) is 0 Å². The van der Waals surface area contributed by atoms with Crippen LogP contribution in [-0.2, 0) is 4.74 Å². The average molecular weight is 369 g/mol. The van der Waals surface area contributed by atoms with Crippen molar-refractivity contribution in [1.82, 2.24) is 4.90 Å². The number of benzene rings is 1. The zero-order valence-electron chi connectivity index (χ0n) is 14.1. The number of methoxy groups -OCH3 is 1. The van der Waals surface area contributed by atoms with Gasteiger partial charge in [-0.2, -0.15) is 0 Å². The quantitative estimate of drug-likeness (QED) is 0.731. The van der Waals surface area contributed by atoms with Crippen LogP contribution in [0.5, 0.6) is 0 Å². The molecule has 0 aromatic heterocycles. The number of aliphatic imine (C=N–C) groups is 1. The van der Waals surface area contributed by atoms with Gasteiger partial charge in [-0.1, -0.05) is 79.9 Å². The minimum absolute atomic E-state index is 0.0241. The van der Waals surface area contributed by atoms with E-state index >= 15 is 0 Å². The lowest BCUT2D eigenvalue weighted by atomic mass is 9.96. The van der Waals surface area contributed by atoms with Crippen molar-refractivity contribution in [3.8, 4) is 0 Å². The zero-order chi connectivity index (χ0) is 16.9. The molecule has 0 spiro atoms. The van der Waals surface area contributed by atoms with Gasteiger partial charge < -0.3 is 9.64 Å². The lowest BCUT2D eigenvalue weighted by Crippen LogP contribution is -2.45. The Hall–Kier alpha value is -0.560. The van der Waals surface area contributed by atoms with Crippen LogP contribution in [0.15, 0.2) is 35.3 Å². The summed E-state index contributed by atoms with van der Waals surface area (Å²) in [4.78, 5) is 7.00. The van der Waals surface area contributed by atoms with Crippen LogP contribution in [0.1, 0.15) is 25.5 Å². The normalized spacial score (nSPS) is 20.5. The zero-order valence-corrected chi connectivity index (χ0v) is 16.6. The summed E-state index contributed by atoms with van der Waals surface area (Å²) in [5.74, 6) is 1.06. The van der Waals surface area contributed by atoms with Gasteiger partial charge in [0.05, 0.1) is 6.54 Å². The fourth-order valence-electron chi connectivity index (χ4n) is 2.41. The van der Waals surface area contributed by atoms with E-state index in [4.69, 9.17) is 21.9 Å². The van der Waals surface area contributed by atoms with Crippen molar-refractivity contribution in [3.05, 3.63) is 35.9 Å². The maximum absolute atomic E-state index is 5.62. The Labute approximate surface area is 153 Å². The Morgan fingerprint density at radius 1 is 1.43 bits per heavy atom. The number of rotatable bonds is 4. The molecule has 6 heteroatoms. The maximum atomic E-state index is 5.62. The monoisotopic (exact) mass is 368 g/mol. The molecular weight excluding hydrogens is 344 g/mol. The molecule has 1 fully saturated rings. The Morgan fingerprint density at radius 3 is 2.74 bits per heavy atom. The van der Waals surface area contributed by atoms with E-state index in [0.717, 1.165) is 27.3 Å². The molecule has 0 amide bonds. The van der Waals surface area contributed by atoms with Crippen LogP contribution < -0.4 is 0 Å². The van der Waals surface area contributed by atoms with E-state index in [0.29, 0.717) is 6.54 Å². The average Bonchev–Trinajstić information content (AvgIpc) is 2.56. The number of nitrogens with zero attached hydrogens (tertiary/aromatic N) is 2. The van der Waals surface area contributed by atoms with Gasteiger partial charge in [0, 0.05) is 19.4 Å². The Balaban J connectivity index is 2.14. The van der Waals surface area contributed by atoms with Crippen LogP contribution >= 0.6 is 35.7 Å². The van der Waals surface area contributed by atoms with Gasteiger partial charge >= 0.3 is 0 Å². The number of hydrogen-bond donors (Lipinski definition) is 0. The molecule has 1 aromatic rings. The van der Waals surface area contributed by atoms with Crippen LogP contribution in [0.3, 0.4) is 0 Å². The van der Waals surface area contributed by atoms with E-state index in [2.05, 4.69) is 30.9 Å². The number of amidine groups is 1.